The number of aromatic hydroxyl groups is 1. The lowest BCUT2D eigenvalue weighted by Gasteiger charge is -2.21. The van der Waals surface area contributed by atoms with Crippen LogP contribution in [0.1, 0.15) is 33.8 Å². The van der Waals surface area contributed by atoms with E-state index >= 15 is 0 Å². The lowest BCUT2D eigenvalue weighted by molar-refractivity contribution is 0.0526. The van der Waals surface area contributed by atoms with Crippen molar-refractivity contribution < 1.29 is 14.6 Å². The van der Waals surface area contributed by atoms with Gasteiger partial charge < -0.3 is 14.7 Å². The van der Waals surface area contributed by atoms with Crippen molar-refractivity contribution in [1.82, 2.24) is 9.47 Å². The molecule has 2 aromatic heterocycles. The molecule has 2 aromatic carbocycles. The molecular weight excluding hydrogens is 462 g/mol. The molecule has 4 aromatic rings. The van der Waals surface area contributed by atoms with E-state index in [1.54, 1.807) is 66.9 Å². The number of pyridine rings is 1. The van der Waals surface area contributed by atoms with Crippen molar-refractivity contribution in [3.05, 3.63) is 92.4 Å². The van der Waals surface area contributed by atoms with Crippen LogP contribution in [0.15, 0.2) is 75.8 Å². The number of aliphatic imine (C=N–C) groups is 1. The zero-order chi connectivity index (χ0) is 24.9. The van der Waals surface area contributed by atoms with Gasteiger partial charge in [-0.2, -0.15) is 0 Å². The van der Waals surface area contributed by atoms with Crippen molar-refractivity contribution in [3.8, 4) is 11.6 Å². The van der Waals surface area contributed by atoms with Crippen molar-refractivity contribution in [2.75, 3.05) is 27.2 Å². The van der Waals surface area contributed by atoms with E-state index in [2.05, 4.69) is 16.0 Å². The third-order valence-electron chi connectivity index (χ3n) is 5.73. The smallest absolute Gasteiger partial charge is 0.338 e. The summed E-state index contributed by atoms with van der Waals surface area (Å²) in [6.45, 7) is 2.51. The first-order chi connectivity index (χ1) is 16.9. The van der Waals surface area contributed by atoms with Gasteiger partial charge in [0.2, 0.25) is 5.88 Å². The summed E-state index contributed by atoms with van der Waals surface area (Å²) in [5, 5.41) is 14.3. The first kappa shape index (κ1) is 24.4. The highest BCUT2D eigenvalue weighted by Crippen LogP contribution is 2.27. The van der Waals surface area contributed by atoms with Crippen LogP contribution in [0.4, 0.5) is 0 Å². The van der Waals surface area contributed by atoms with Crippen LogP contribution in [0, 0.1) is 0 Å². The second-order valence-corrected chi connectivity index (χ2v) is 9.16. The Hall–Kier alpha value is -3.75. The largest absolute Gasteiger partial charge is 0.494 e. The van der Waals surface area contributed by atoms with Gasteiger partial charge in [-0.3, -0.25) is 9.79 Å². The van der Waals surface area contributed by atoms with E-state index in [9.17, 15) is 14.7 Å². The van der Waals surface area contributed by atoms with E-state index in [1.807, 2.05) is 31.6 Å². The Balaban J connectivity index is 1.76. The second kappa shape index (κ2) is 10.7. The number of fused-ring (bicyclic) bond motifs is 1. The van der Waals surface area contributed by atoms with Crippen molar-refractivity contribution in [2.45, 2.75) is 13.0 Å². The summed E-state index contributed by atoms with van der Waals surface area (Å²) in [6.07, 6.45) is 1.63. The number of esters is 1. The first-order valence-corrected chi connectivity index (χ1v) is 12.1. The van der Waals surface area contributed by atoms with Gasteiger partial charge in [0.05, 0.1) is 36.0 Å². The number of hydrogen-bond donors (Lipinski definition) is 1. The molecule has 180 valence electrons. The van der Waals surface area contributed by atoms with Gasteiger partial charge in [0.15, 0.2) is 0 Å². The number of carbonyl (C=O) groups is 1. The number of benzene rings is 2. The number of ether oxygens (including phenoxy) is 1. The fraction of sp³-hybridized carbons (Fsp3) is 0.222. The predicted octanol–water partition coefficient (Wildman–Crippen LogP) is 4.66. The van der Waals surface area contributed by atoms with E-state index in [0.29, 0.717) is 34.1 Å². The molecule has 0 radical (unpaired) electrons. The van der Waals surface area contributed by atoms with Crippen LogP contribution >= 0.6 is 11.3 Å². The summed E-state index contributed by atoms with van der Waals surface area (Å²) in [5.74, 6) is -0.651. The summed E-state index contributed by atoms with van der Waals surface area (Å²) in [5.41, 5.74) is 0.905. The molecule has 0 saturated carbocycles. The van der Waals surface area contributed by atoms with E-state index in [4.69, 9.17) is 4.74 Å². The fourth-order valence-corrected chi connectivity index (χ4v) is 4.84. The van der Waals surface area contributed by atoms with Gasteiger partial charge >= 0.3 is 5.97 Å². The van der Waals surface area contributed by atoms with E-state index in [-0.39, 0.29) is 24.1 Å². The standard InChI is InChI=1S/C27H27N3O4S/c1-4-34-27(33)18-11-13-19(14-12-18)30-25(31)21-9-6-5-8-20(21)22(26(30)32)16-28-17-23(29(2)3)24-10-7-15-35-24/h5-16,23,32H,4,17H2,1-3H3/t23-/m1/s1. The molecule has 0 spiro atoms. The first-order valence-electron chi connectivity index (χ1n) is 11.3. The maximum absolute atomic E-state index is 13.3. The Morgan fingerprint density at radius 3 is 2.46 bits per heavy atom. The number of carbonyl (C=O) groups excluding carboxylic acids is 1. The Bertz CT molecular complexity index is 1410. The summed E-state index contributed by atoms with van der Waals surface area (Å²) in [7, 11) is 4.01. The van der Waals surface area contributed by atoms with Gasteiger partial charge in [0.1, 0.15) is 0 Å². The molecule has 0 aliphatic carbocycles. The Labute approximate surface area is 207 Å². The predicted molar refractivity (Wildman–Crippen MR) is 140 cm³/mol. The maximum Gasteiger partial charge on any atom is 0.338 e. The number of nitrogens with zero attached hydrogens (tertiary/aromatic N) is 3. The van der Waals surface area contributed by atoms with Crippen LogP contribution in [0.25, 0.3) is 16.5 Å². The van der Waals surface area contributed by atoms with Gasteiger partial charge in [0.25, 0.3) is 5.56 Å². The lowest BCUT2D eigenvalue weighted by atomic mass is 10.1. The molecule has 0 unspecified atom stereocenters. The van der Waals surface area contributed by atoms with Crippen LogP contribution in [0.2, 0.25) is 0 Å². The average molecular weight is 490 g/mol. The quantitative estimate of drug-likeness (QED) is 0.288. The van der Waals surface area contributed by atoms with Crippen molar-refractivity contribution in [2.24, 2.45) is 4.99 Å². The van der Waals surface area contributed by atoms with Crippen molar-refractivity contribution in [3.63, 3.8) is 0 Å². The average Bonchev–Trinajstić information content (AvgIpc) is 3.38. The Kier molecular flexibility index (Phi) is 7.43. The number of aromatic nitrogens is 1. The van der Waals surface area contributed by atoms with Crippen LogP contribution in [-0.2, 0) is 4.74 Å². The minimum Gasteiger partial charge on any atom is -0.494 e. The molecule has 1 N–H and O–H groups in total. The molecule has 7 nitrogen and oxygen atoms in total. The van der Waals surface area contributed by atoms with Gasteiger partial charge in [-0.05, 0) is 62.8 Å². The molecule has 0 fully saturated rings. The van der Waals surface area contributed by atoms with Crippen LogP contribution in [0.3, 0.4) is 0 Å². The number of hydrogen-bond acceptors (Lipinski definition) is 7. The molecule has 0 amide bonds. The van der Waals surface area contributed by atoms with Crippen LogP contribution in [0.5, 0.6) is 5.88 Å². The molecule has 0 bridgehead atoms. The minimum atomic E-state index is -0.442. The zero-order valence-corrected chi connectivity index (χ0v) is 20.7. The molecule has 4 rings (SSSR count). The molecule has 0 saturated heterocycles. The van der Waals surface area contributed by atoms with Gasteiger partial charge in [0, 0.05) is 21.9 Å². The highest BCUT2D eigenvalue weighted by Gasteiger charge is 2.18. The van der Waals surface area contributed by atoms with Crippen LogP contribution in [-0.4, -0.2) is 54.0 Å². The van der Waals surface area contributed by atoms with Gasteiger partial charge in [-0.15, -0.1) is 11.3 Å². The minimum absolute atomic E-state index is 0.0981. The fourth-order valence-electron chi connectivity index (χ4n) is 3.92. The third kappa shape index (κ3) is 5.03. The summed E-state index contributed by atoms with van der Waals surface area (Å²) < 4.78 is 6.27. The van der Waals surface area contributed by atoms with Crippen molar-refractivity contribution in [1.29, 1.82) is 0 Å². The molecule has 2 heterocycles. The Morgan fingerprint density at radius 1 is 1.11 bits per heavy atom. The monoisotopic (exact) mass is 489 g/mol. The molecular formula is C27H27N3O4S. The SMILES string of the molecule is CCOC(=O)c1ccc(-n2c(O)c(C=NC[C@H](c3cccs3)N(C)C)c3ccccc3c2=O)cc1. The number of thiophene rings is 1. The van der Waals surface area contributed by atoms with E-state index < -0.39 is 5.97 Å². The maximum atomic E-state index is 13.3. The molecule has 35 heavy (non-hydrogen) atoms. The summed E-state index contributed by atoms with van der Waals surface area (Å²) in [6, 6.07) is 17.7. The lowest BCUT2D eigenvalue weighted by Crippen LogP contribution is -2.22. The molecule has 1 atom stereocenters. The highest BCUT2D eigenvalue weighted by atomic mass is 32.1. The third-order valence-corrected chi connectivity index (χ3v) is 6.71. The number of rotatable bonds is 8. The zero-order valence-electron chi connectivity index (χ0n) is 19.8. The second-order valence-electron chi connectivity index (χ2n) is 8.18. The summed E-state index contributed by atoms with van der Waals surface area (Å²) in [4.78, 5) is 33.3. The molecule has 8 heteroatoms. The normalized spacial score (nSPS) is 12.5. The number of likely N-dealkylation sites (N-methyl/N-ethyl adjacent to an activating group) is 1. The van der Waals surface area contributed by atoms with Gasteiger partial charge in [-0.1, -0.05) is 24.3 Å². The molecule has 0 aliphatic rings. The van der Waals surface area contributed by atoms with Crippen LogP contribution < -0.4 is 5.56 Å². The van der Waals surface area contributed by atoms with E-state index in [0.717, 1.165) is 0 Å². The van der Waals surface area contributed by atoms with E-state index in [1.165, 1.54) is 9.44 Å². The highest BCUT2D eigenvalue weighted by molar-refractivity contribution is 7.10. The van der Waals surface area contributed by atoms with Crippen molar-refractivity contribution >= 4 is 34.3 Å². The Morgan fingerprint density at radius 2 is 1.83 bits per heavy atom. The molecule has 0 aliphatic heterocycles. The topological polar surface area (TPSA) is 84.1 Å². The van der Waals surface area contributed by atoms with Gasteiger partial charge in [-0.25, -0.2) is 9.36 Å². The summed E-state index contributed by atoms with van der Waals surface area (Å²) >= 11 is 1.68.